The zero-order valence-corrected chi connectivity index (χ0v) is 17.0. The number of nitrogens with one attached hydrogen (secondary N) is 1. The number of halogens is 2. The Hall–Kier alpha value is -2.99. The smallest absolute Gasteiger partial charge is 0.331 e. The van der Waals surface area contributed by atoms with Crippen LogP contribution in [-0.2, 0) is 14.3 Å². The summed E-state index contributed by atoms with van der Waals surface area (Å²) in [5.41, 5.74) is 0.407. The van der Waals surface area contributed by atoms with Crippen LogP contribution in [0.15, 0.2) is 48.5 Å². The zero-order valence-electron chi connectivity index (χ0n) is 16.3. The third kappa shape index (κ3) is 6.54. The van der Waals surface area contributed by atoms with Gasteiger partial charge in [-0.05, 0) is 42.5 Å². The van der Waals surface area contributed by atoms with E-state index in [2.05, 4.69) is 5.32 Å². The molecule has 0 fully saturated rings. The molecule has 0 saturated heterocycles. The van der Waals surface area contributed by atoms with Crippen LogP contribution >= 0.6 is 11.6 Å². The quantitative estimate of drug-likeness (QED) is 0.412. The van der Waals surface area contributed by atoms with E-state index in [0.717, 1.165) is 6.08 Å². The molecule has 0 radical (unpaired) electrons. The summed E-state index contributed by atoms with van der Waals surface area (Å²) in [5.74, 6) is -1.93. The van der Waals surface area contributed by atoms with Crippen molar-refractivity contribution in [2.45, 2.75) is 20.8 Å². The predicted molar refractivity (Wildman–Crippen MR) is 110 cm³/mol. The van der Waals surface area contributed by atoms with Gasteiger partial charge < -0.3 is 10.1 Å². The number of hydrogen-bond acceptors (Lipinski definition) is 4. The summed E-state index contributed by atoms with van der Waals surface area (Å²) in [4.78, 5) is 35.9. The number of hydrogen-bond donors (Lipinski definition) is 1. The molecule has 0 aliphatic carbocycles. The number of rotatable bonds is 6. The van der Waals surface area contributed by atoms with Crippen molar-refractivity contribution in [3.8, 4) is 0 Å². The molecule has 0 aromatic heterocycles. The normalized spacial score (nSPS) is 11.3. The molecule has 0 spiro atoms. The molecule has 7 heteroatoms. The highest BCUT2D eigenvalue weighted by Gasteiger charge is 2.21. The molecule has 2 rings (SSSR count). The van der Waals surface area contributed by atoms with Gasteiger partial charge in [0.1, 0.15) is 5.82 Å². The Morgan fingerprint density at radius 1 is 1.10 bits per heavy atom. The van der Waals surface area contributed by atoms with Crippen molar-refractivity contribution >= 4 is 41.0 Å². The average Bonchev–Trinajstić information content (AvgIpc) is 2.65. The molecular weight excluding hydrogens is 397 g/mol. The summed E-state index contributed by atoms with van der Waals surface area (Å²) in [6.07, 6.45) is 2.19. The van der Waals surface area contributed by atoms with E-state index in [1.807, 2.05) is 0 Å². The monoisotopic (exact) mass is 417 g/mol. The first-order valence-corrected chi connectivity index (χ1v) is 9.19. The van der Waals surface area contributed by atoms with E-state index in [0.29, 0.717) is 11.3 Å². The number of carbonyl (C=O) groups excluding carboxylic acids is 3. The minimum atomic E-state index is -0.799. The van der Waals surface area contributed by atoms with E-state index in [-0.39, 0.29) is 16.5 Å². The lowest BCUT2D eigenvalue weighted by atomic mass is 9.95. The summed E-state index contributed by atoms with van der Waals surface area (Å²) in [6.45, 7) is 4.91. The standard InChI is InChI=1S/C22H21ClFNO4/c1-22(2,3)21(28)25-15-9-7-14(8-10-15)19(26)13-29-20(27)12-11-16-17(23)5-4-6-18(16)24/h4-12H,13H2,1-3H3,(H,25,28)/b12-11+. The van der Waals surface area contributed by atoms with Gasteiger partial charge in [0.05, 0.1) is 5.02 Å². The van der Waals surface area contributed by atoms with E-state index in [4.69, 9.17) is 16.3 Å². The van der Waals surface area contributed by atoms with Crippen molar-refractivity contribution in [1.82, 2.24) is 0 Å². The second-order valence-corrected chi connectivity index (χ2v) is 7.69. The number of esters is 1. The summed E-state index contributed by atoms with van der Waals surface area (Å²) in [6, 6.07) is 10.4. The molecular formula is C22H21ClFNO4. The van der Waals surface area contributed by atoms with Crippen LogP contribution in [0.1, 0.15) is 36.7 Å². The van der Waals surface area contributed by atoms with Crippen LogP contribution in [0.25, 0.3) is 6.08 Å². The fraction of sp³-hybridized carbons (Fsp3) is 0.227. The molecule has 1 N–H and O–H groups in total. The third-order valence-electron chi connectivity index (χ3n) is 3.88. The Labute approximate surface area is 173 Å². The largest absolute Gasteiger partial charge is 0.454 e. The van der Waals surface area contributed by atoms with Gasteiger partial charge in [-0.25, -0.2) is 9.18 Å². The van der Waals surface area contributed by atoms with Crippen LogP contribution < -0.4 is 5.32 Å². The topological polar surface area (TPSA) is 72.5 Å². The molecule has 2 aromatic rings. The Morgan fingerprint density at radius 3 is 2.34 bits per heavy atom. The highest BCUT2D eigenvalue weighted by atomic mass is 35.5. The first kappa shape index (κ1) is 22.3. The maximum Gasteiger partial charge on any atom is 0.331 e. The van der Waals surface area contributed by atoms with Crippen molar-refractivity contribution in [3.63, 3.8) is 0 Å². The molecule has 0 saturated carbocycles. The molecule has 0 unspecified atom stereocenters. The van der Waals surface area contributed by atoms with Gasteiger partial charge in [-0.15, -0.1) is 0 Å². The van der Waals surface area contributed by atoms with Crippen molar-refractivity contribution in [2.24, 2.45) is 5.41 Å². The third-order valence-corrected chi connectivity index (χ3v) is 4.21. The van der Waals surface area contributed by atoms with Crippen molar-refractivity contribution in [3.05, 3.63) is 70.5 Å². The Kier molecular flexibility index (Phi) is 7.29. The molecule has 0 heterocycles. The molecule has 152 valence electrons. The summed E-state index contributed by atoms with van der Waals surface area (Å²) >= 11 is 5.87. The lowest BCUT2D eigenvalue weighted by molar-refractivity contribution is -0.136. The summed E-state index contributed by atoms with van der Waals surface area (Å²) < 4.78 is 18.5. The van der Waals surface area contributed by atoms with Gasteiger partial charge in [0.25, 0.3) is 0 Å². The second-order valence-electron chi connectivity index (χ2n) is 7.28. The maximum absolute atomic E-state index is 13.6. The van der Waals surface area contributed by atoms with E-state index < -0.39 is 29.6 Å². The first-order valence-electron chi connectivity index (χ1n) is 8.81. The number of carbonyl (C=O) groups is 3. The van der Waals surface area contributed by atoms with E-state index in [1.54, 1.807) is 32.9 Å². The first-order chi connectivity index (χ1) is 13.6. The van der Waals surface area contributed by atoms with Gasteiger partial charge in [-0.2, -0.15) is 0 Å². The van der Waals surface area contributed by atoms with Crippen LogP contribution in [0.4, 0.5) is 10.1 Å². The molecule has 2 aromatic carbocycles. The van der Waals surface area contributed by atoms with E-state index in [9.17, 15) is 18.8 Å². The molecule has 0 aliphatic heterocycles. The Balaban J connectivity index is 1.91. The maximum atomic E-state index is 13.6. The highest BCUT2D eigenvalue weighted by Crippen LogP contribution is 2.20. The average molecular weight is 418 g/mol. The highest BCUT2D eigenvalue weighted by molar-refractivity contribution is 6.32. The van der Waals surface area contributed by atoms with Gasteiger partial charge in [0.2, 0.25) is 5.91 Å². The molecule has 0 atom stereocenters. The van der Waals surface area contributed by atoms with Crippen molar-refractivity contribution in [2.75, 3.05) is 11.9 Å². The Morgan fingerprint density at radius 2 is 1.76 bits per heavy atom. The molecule has 0 aliphatic rings. The minimum Gasteiger partial charge on any atom is -0.454 e. The van der Waals surface area contributed by atoms with Crippen LogP contribution in [-0.4, -0.2) is 24.3 Å². The fourth-order valence-electron chi connectivity index (χ4n) is 2.15. The lowest BCUT2D eigenvalue weighted by Gasteiger charge is -2.17. The van der Waals surface area contributed by atoms with Crippen LogP contribution in [0.5, 0.6) is 0 Å². The summed E-state index contributed by atoms with van der Waals surface area (Å²) in [5, 5.41) is 2.91. The van der Waals surface area contributed by atoms with Gasteiger partial charge in [-0.1, -0.05) is 38.4 Å². The fourth-order valence-corrected chi connectivity index (χ4v) is 2.37. The number of amides is 1. The molecule has 1 amide bonds. The molecule has 29 heavy (non-hydrogen) atoms. The van der Waals surface area contributed by atoms with Gasteiger partial charge >= 0.3 is 5.97 Å². The lowest BCUT2D eigenvalue weighted by Crippen LogP contribution is -2.27. The summed E-state index contributed by atoms with van der Waals surface area (Å²) in [7, 11) is 0. The van der Waals surface area contributed by atoms with E-state index in [1.165, 1.54) is 36.4 Å². The predicted octanol–water partition coefficient (Wildman–Crippen LogP) is 4.90. The second kappa shape index (κ2) is 9.47. The number of ketones is 1. The molecule has 0 bridgehead atoms. The SMILES string of the molecule is CC(C)(C)C(=O)Nc1ccc(C(=O)COC(=O)/C=C/c2c(F)cccc2Cl)cc1. The van der Waals surface area contributed by atoms with Crippen molar-refractivity contribution < 1.29 is 23.5 Å². The number of benzene rings is 2. The Bertz CT molecular complexity index is 926. The van der Waals surface area contributed by atoms with Gasteiger partial charge in [0.15, 0.2) is 12.4 Å². The van der Waals surface area contributed by atoms with Crippen LogP contribution in [0.2, 0.25) is 5.02 Å². The number of anilines is 1. The van der Waals surface area contributed by atoms with Crippen LogP contribution in [0.3, 0.4) is 0 Å². The van der Waals surface area contributed by atoms with Crippen LogP contribution in [0, 0.1) is 11.2 Å². The van der Waals surface area contributed by atoms with Crippen molar-refractivity contribution in [1.29, 1.82) is 0 Å². The number of Topliss-reactive ketones (excluding diaryl/α,β-unsaturated/α-hetero) is 1. The minimum absolute atomic E-state index is 0.0605. The van der Waals surface area contributed by atoms with Gasteiger partial charge in [0, 0.05) is 28.3 Å². The number of ether oxygens (including phenoxy) is 1. The van der Waals surface area contributed by atoms with E-state index >= 15 is 0 Å². The molecule has 5 nitrogen and oxygen atoms in total. The van der Waals surface area contributed by atoms with Gasteiger partial charge in [-0.3, -0.25) is 9.59 Å². The zero-order chi connectivity index (χ0) is 21.6.